The van der Waals surface area contributed by atoms with E-state index in [-0.39, 0.29) is 24.4 Å². The fraction of sp³-hybridized carbons (Fsp3) is 0.588. The van der Waals surface area contributed by atoms with Crippen LogP contribution in [0.25, 0.3) is 0 Å². The molecule has 0 aliphatic heterocycles. The number of pyridine rings is 1. The van der Waals surface area contributed by atoms with Crippen molar-refractivity contribution in [3.05, 3.63) is 30.1 Å². The molecule has 0 atom stereocenters. The van der Waals surface area contributed by atoms with Gasteiger partial charge in [0.05, 0.1) is 6.54 Å². The summed E-state index contributed by atoms with van der Waals surface area (Å²) in [5, 5.41) is 0. The lowest BCUT2D eigenvalue weighted by Crippen LogP contribution is -2.45. The van der Waals surface area contributed by atoms with Gasteiger partial charge in [0.1, 0.15) is 0 Å². The van der Waals surface area contributed by atoms with Crippen molar-refractivity contribution >= 4 is 11.8 Å². The van der Waals surface area contributed by atoms with Crippen molar-refractivity contribution in [2.24, 2.45) is 0 Å². The Hall–Kier alpha value is -1.91. The Kier molecular flexibility index (Phi) is 5.92. The fourth-order valence-corrected chi connectivity index (χ4v) is 2.95. The molecule has 0 unspecified atom stereocenters. The maximum Gasteiger partial charge on any atom is 0.241 e. The first kappa shape index (κ1) is 16.5. The molecule has 1 aromatic rings. The molecule has 0 radical (unpaired) electrons. The monoisotopic (exact) mass is 303 g/mol. The third-order valence-corrected chi connectivity index (χ3v) is 4.39. The smallest absolute Gasteiger partial charge is 0.241 e. The molecule has 0 aromatic carbocycles. The Labute approximate surface area is 132 Å². The maximum absolute atomic E-state index is 12.4. The van der Waals surface area contributed by atoms with Gasteiger partial charge in [-0.2, -0.15) is 0 Å². The van der Waals surface area contributed by atoms with Crippen LogP contribution in [0.1, 0.15) is 38.2 Å². The molecule has 0 bridgehead atoms. The molecule has 22 heavy (non-hydrogen) atoms. The molecule has 1 aliphatic carbocycles. The van der Waals surface area contributed by atoms with Crippen molar-refractivity contribution in [1.29, 1.82) is 0 Å². The van der Waals surface area contributed by atoms with Gasteiger partial charge in [-0.25, -0.2) is 0 Å². The van der Waals surface area contributed by atoms with Gasteiger partial charge >= 0.3 is 0 Å². The highest BCUT2D eigenvalue weighted by Crippen LogP contribution is 2.23. The van der Waals surface area contributed by atoms with Gasteiger partial charge in [-0.05, 0) is 37.0 Å². The summed E-state index contributed by atoms with van der Waals surface area (Å²) >= 11 is 0. The second-order valence-corrected chi connectivity index (χ2v) is 6.01. The first-order valence-corrected chi connectivity index (χ1v) is 7.98. The van der Waals surface area contributed by atoms with Crippen molar-refractivity contribution in [3.63, 3.8) is 0 Å². The van der Waals surface area contributed by atoms with Crippen LogP contribution in [0.2, 0.25) is 0 Å². The van der Waals surface area contributed by atoms with E-state index >= 15 is 0 Å². The van der Waals surface area contributed by atoms with E-state index in [1.54, 1.807) is 36.2 Å². The molecule has 0 N–H and O–H groups in total. The molecule has 0 saturated heterocycles. The Balaban J connectivity index is 1.85. The Morgan fingerprint density at radius 2 is 1.86 bits per heavy atom. The predicted molar refractivity (Wildman–Crippen MR) is 85.2 cm³/mol. The lowest BCUT2D eigenvalue weighted by molar-refractivity contribution is -0.140. The normalized spacial score (nSPS) is 14.8. The number of carbonyl (C=O) groups is 2. The second kappa shape index (κ2) is 7.92. The quantitative estimate of drug-likeness (QED) is 0.806. The number of carbonyl (C=O) groups excluding carboxylic acids is 2. The highest BCUT2D eigenvalue weighted by atomic mass is 16.2. The summed E-state index contributed by atoms with van der Waals surface area (Å²) in [6, 6.07) is 4.16. The minimum absolute atomic E-state index is 0.00258. The van der Waals surface area contributed by atoms with Crippen LogP contribution in [-0.2, 0) is 16.0 Å². The minimum atomic E-state index is 0.00258. The van der Waals surface area contributed by atoms with Crippen LogP contribution in [0, 0.1) is 0 Å². The Morgan fingerprint density at radius 3 is 2.45 bits per heavy atom. The van der Waals surface area contributed by atoms with Gasteiger partial charge in [-0.3, -0.25) is 14.6 Å². The lowest BCUT2D eigenvalue weighted by Gasteiger charge is -2.29. The van der Waals surface area contributed by atoms with E-state index in [0.717, 1.165) is 37.7 Å². The molecule has 1 saturated carbocycles. The zero-order valence-corrected chi connectivity index (χ0v) is 13.5. The van der Waals surface area contributed by atoms with Crippen molar-refractivity contribution in [2.75, 3.05) is 20.1 Å². The number of likely N-dealkylation sites (N-methyl/N-ethyl adjacent to an activating group) is 1. The number of hydrogen-bond acceptors (Lipinski definition) is 3. The Morgan fingerprint density at radius 1 is 1.23 bits per heavy atom. The van der Waals surface area contributed by atoms with Crippen LogP contribution < -0.4 is 0 Å². The fourth-order valence-electron chi connectivity index (χ4n) is 2.95. The zero-order chi connectivity index (χ0) is 15.9. The first-order valence-electron chi connectivity index (χ1n) is 7.98. The third kappa shape index (κ3) is 4.55. The van der Waals surface area contributed by atoms with Gasteiger partial charge in [-0.15, -0.1) is 0 Å². The van der Waals surface area contributed by atoms with Crippen LogP contribution >= 0.6 is 0 Å². The van der Waals surface area contributed by atoms with E-state index in [4.69, 9.17) is 0 Å². The number of nitrogens with zero attached hydrogens (tertiary/aromatic N) is 3. The minimum Gasteiger partial charge on any atom is -0.344 e. The third-order valence-electron chi connectivity index (χ3n) is 4.39. The highest BCUT2D eigenvalue weighted by molar-refractivity contribution is 5.84. The summed E-state index contributed by atoms with van der Waals surface area (Å²) in [4.78, 5) is 31.6. The lowest BCUT2D eigenvalue weighted by atomic mass is 10.2. The Bertz CT molecular complexity index is 498. The van der Waals surface area contributed by atoms with Crippen LogP contribution in [0.5, 0.6) is 0 Å². The largest absolute Gasteiger partial charge is 0.344 e. The van der Waals surface area contributed by atoms with Gasteiger partial charge in [-0.1, -0.05) is 12.8 Å². The van der Waals surface area contributed by atoms with Gasteiger partial charge in [0.2, 0.25) is 11.8 Å². The van der Waals surface area contributed by atoms with Gasteiger partial charge in [0.15, 0.2) is 0 Å². The van der Waals surface area contributed by atoms with Crippen molar-refractivity contribution in [1.82, 2.24) is 14.8 Å². The molecule has 5 nitrogen and oxygen atoms in total. The van der Waals surface area contributed by atoms with E-state index in [1.165, 1.54) is 0 Å². The average Bonchev–Trinajstić information content (AvgIpc) is 3.04. The first-order chi connectivity index (χ1) is 10.6. The summed E-state index contributed by atoms with van der Waals surface area (Å²) in [6.45, 7) is 2.41. The summed E-state index contributed by atoms with van der Waals surface area (Å²) in [5.74, 6) is 0.0129. The highest BCUT2D eigenvalue weighted by Gasteiger charge is 2.27. The van der Waals surface area contributed by atoms with E-state index in [1.807, 2.05) is 12.1 Å². The topological polar surface area (TPSA) is 53.5 Å². The molecular weight excluding hydrogens is 278 g/mol. The van der Waals surface area contributed by atoms with Crippen LogP contribution in [-0.4, -0.2) is 52.8 Å². The van der Waals surface area contributed by atoms with Crippen LogP contribution in [0.4, 0.5) is 0 Å². The van der Waals surface area contributed by atoms with E-state index < -0.39 is 0 Å². The SMILES string of the molecule is CC(=O)N(CC(=O)N(C)CCc1ccncc1)C1CCCC1. The van der Waals surface area contributed by atoms with Crippen molar-refractivity contribution in [3.8, 4) is 0 Å². The van der Waals surface area contributed by atoms with Crippen molar-refractivity contribution < 1.29 is 9.59 Å². The summed E-state index contributed by atoms with van der Waals surface area (Å²) in [7, 11) is 1.80. The standard InChI is InChI=1S/C17H25N3O2/c1-14(21)20(16-5-3-4-6-16)13-17(22)19(2)12-9-15-7-10-18-11-8-15/h7-8,10-11,16H,3-6,9,12-13H2,1-2H3. The molecule has 0 spiro atoms. The van der Waals surface area contributed by atoms with Crippen molar-refractivity contribution in [2.45, 2.75) is 45.1 Å². The molecule has 5 heteroatoms. The molecular formula is C17H25N3O2. The molecule has 2 rings (SSSR count). The van der Waals surface area contributed by atoms with Gasteiger partial charge in [0.25, 0.3) is 0 Å². The summed E-state index contributed by atoms with van der Waals surface area (Å²) < 4.78 is 0. The number of aromatic nitrogens is 1. The molecule has 2 amide bonds. The average molecular weight is 303 g/mol. The number of amides is 2. The second-order valence-electron chi connectivity index (χ2n) is 6.01. The number of hydrogen-bond donors (Lipinski definition) is 0. The summed E-state index contributed by atoms with van der Waals surface area (Å²) in [6.07, 6.45) is 8.67. The van der Waals surface area contributed by atoms with Crippen LogP contribution in [0.15, 0.2) is 24.5 Å². The van der Waals surface area contributed by atoms with E-state index in [2.05, 4.69) is 4.98 Å². The number of rotatable bonds is 6. The zero-order valence-electron chi connectivity index (χ0n) is 13.5. The summed E-state index contributed by atoms with van der Waals surface area (Å²) in [5.41, 5.74) is 1.16. The molecule has 120 valence electrons. The molecule has 1 heterocycles. The predicted octanol–water partition coefficient (Wildman–Crippen LogP) is 1.87. The molecule has 1 aliphatic rings. The van der Waals surface area contributed by atoms with Gasteiger partial charge in [0, 0.05) is 39.0 Å². The van der Waals surface area contributed by atoms with E-state index in [0.29, 0.717) is 6.54 Å². The van der Waals surface area contributed by atoms with Gasteiger partial charge < -0.3 is 9.80 Å². The molecule has 1 aromatic heterocycles. The molecule has 1 fully saturated rings. The maximum atomic E-state index is 12.4. The van der Waals surface area contributed by atoms with E-state index in [9.17, 15) is 9.59 Å². The van der Waals surface area contributed by atoms with Crippen LogP contribution in [0.3, 0.4) is 0 Å².